The van der Waals surface area contributed by atoms with Gasteiger partial charge in [-0.3, -0.25) is 9.35 Å². The Morgan fingerprint density at radius 3 is 2.44 bits per heavy atom. The number of azo groups is 1. The Kier molecular flexibility index (Phi) is 10.0. The third-order valence-electron chi connectivity index (χ3n) is 5.69. The summed E-state index contributed by atoms with van der Waals surface area (Å²) in [5.74, 6) is -1.15. The van der Waals surface area contributed by atoms with E-state index in [1.807, 2.05) is 0 Å². The summed E-state index contributed by atoms with van der Waals surface area (Å²) in [4.78, 5) is 12.8. The van der Waals surface area contributed by atoms with Crippen molar-refractivity contribution in [2.75, 3.05) is 12.4 Å². The Morgan fingerprint density at radius 1 is 1.05 bits per heavy atom. The summed E-state index contributed by atoms with van der Waals surface area (Å²) < 4.78 is 38.1. The Balaban J connectivity index is 0.00000420. The predicted octanol–water partition coefficient (Wildman–Crippen LogP) is 3.71. The minimum absolute atomic E-state index is 0. The number of hydrogen-bond acceptors (Lipinski definition) is 7. The normalized spacial score (nSPS) is 11.4. The average Bonchev–Trinajstić information content (AvgIpc) is 2.88. The SMILES string of the molecule is CCc1cc(N=Nc2c([O-])c(C(=O)Nc3cccc(Cl)c3OC)cc3ccccc23)c(Cl)cc1S(=O)(=O)O.[Na+]. The van der Waals surface area contributed by atoms with Gasteiger partial charge in [-0.25, -0.2) is 0 Å². The molecule has 39 heavy (non-hydrogen) atoms. The van der Waals surface area contributed by atoms with Crippen molar-refractivity contribution in [1.29, 1.82) is 0 Å². The molecule has 0 saturated carbocycles. The van der Waals surface area contributed by atoms with Gasteiger partial charge in [0.15, 0.2) is 5.75 Å². The van der Waals surface area contributed by atoms with Gasteiger partial charge >= 0.3 is 29.6 Å². The molecule has 0 aliphatic rings. The fourth-order valence-corrected chi connectivity index (χ4v) is 5.18. The fourth-order valence-electron chi connectivity index (χ4n) is 3.87. The van der Waals surface area contributed by atoms with E-state index in [0.717, 1.165) is 6.07 Å². The maximum Gasteiger partial charge on any atom is 1.00 e. The monoisotopic (exact) mass is 595 g/mol. The molecule has 0 spiro atoms. The molecule has 0 heterocycles. The Hall–Kier alpha value is -2.70. The van der Waals surface area contributed by atoms with E-state index < -0.39 is 21.8 Å². The third-order valence-corrected chi connectivity index (χ3v) is 7.22. The van der Waals surface area contributed by atoms with Crippen LogP contribution in [0.25, 0.3) is 10.8 Å². The van der Waals surface area contributed by atoms with Gasteiger partial charge in [-0.1, -0.05) is 66.2 Å². The van der Waals surface area contributed by atoms with Crippen LogP contribution in [-0.2, 0) is 16.5 Å². The largest absolute Gasteiger partial charge is 1.00 e. The number of para-hydroxylation sites is 1. The molecule has 0 saturated heterocycles. The number of aryl methyl sites for hydroxylation is 1. The van der Waals surface area contributed by atoms with Gasteiger partial charge in [-0.05, 0) is 47.7 Å². The number of benzene rings is 4. The molecule has 9 nitrogen and oxygen atoms in total. The molecule has 0 aromatic heterocycles. The molecule has 0 atom stereocenters. The molecule has 2 N–H and O–H groups in total. The minimum atomic E-state index is -4.50. The van der Waals surface area contributed by atoms with Crippen LogP contribution in [0.4, 0.5) is 17.1 Å². The molecular formula is C26H20Cl2N3NaO6S. The summed E-state index contributed by atoms with van der Waals surface area (Å²) in [6.07, 6.45) is 0.257. The molecule has 4 aromatic carbocycles. The molecule has 196 valence electrons. The molecule has 1 amide bonds. The van der Waals surface area contributed by atoms with Crippen LogP contribution < -0.4 is 44.7 Å². The predicted molar refractivity (Wildman–Crippen MR) is 144 cm³/mol. The number of ether oxygens (including phenoxy) is 1. The summed E-state index contributed by atoms with van der Waals surface area (Å²) in [6, 6.07) is 15.5. The number of rotatable bonds is 7. The van der Waals surface area contributed by atoms with Gasteiger partial charge in [-0.2, -0.15) is 13.5 Å². The zero-order chi connectivity index (χ0) is 27.6. The van der Waals surface area contributed by atoms with Crippen LogP contribution in [0, 0.1) is 0 Å². The first kappa shape index (κ1) is 30.8. The van der Waals surface area contributed by atoms with Crippen LogP contribution in [-0.4, -0.2) is 26.0 Å². The van der Waals surface area contributed by atoms with Crippen molar-refractivity contribution >= 4 is 67.1 Å². The molecule has 4 aromatic rings. The van der Waals surface area contributed by atoms with Gasteiger partial charge in [-0.15, -0.1) is 5.11 Å². The number of hydrogen-bond donors (Lipinski definition) is 2. The number of carbonyl (C=O) groups excluding carboxylic acids is 1. The zero-order valence-electron chi connectivity index (χ0n) is 21.0. The van der Waals surface area contributed by atoms with E-state index in [2.05, 4.69) is 15.5 Å². The van der Waals surface area contributed by atoms with Crippen LogP contribution in [0.2, 0.25) is 10.0 Å². The molecule has 0 bridgehead atoms. The number of nitrogens with one attached hydrogen (secondary N) is 1. The van der Waals surface area contributed by atoms with Gasteiger partial charge < -0.3 is 15.2 Å². The van der Waals surface area contributed by atoms with E-state index in [1.165, 1.54) is 19.2 Å². The van der Waals surface area contributed by atoms with Crippen molar-refractivity contribution in [2.24, 2.45) is 10.2 Å². The first-order valence-electron chi connectivity index (χ1n) is 11.1. The van der Waals surface area contributed by atoms with E-state index in [4.69, 9.17) is 27.9 Å². The molecule has 0 aliphatic heterocycles. The second-order valence-corrected chi connectivity index (χ2v) is 10.2. The maximum absolute atomic E-state index is 13.4. The van der Waals surface area contributed by atoms with E-state index in [-0.39, 0.29) is 84.9 Å². The number of carbonyl (C=O) groups is 1. The van der Waals surface area contributed by atoms with E-state index in [0.29, 0.717) is 10.8 Å². The van der Waals surface area contributed by atoms with E-state index >= 15 is 0 Å². The van der Waals surface area contributed by atoms with Crippen molar-refractivity contribution in [2.45, 2.75) is 18.2 Å². The Labute approximate surface area is 256 Å². The van der Waals surface area contributed by atoms with Crippen LogP contribution in [0.1, 0.15) is 22.8 Å². The molecular weight excluding hydrogens is 576 g/mol. The zero-order valence-corrected chi connectivity index (χ0v) is 25.4. The van der Waals surface area contributed by atoms with Gasteiger partial charge in [0.1, 0.15) is 5.69 Å². The van der Waals surface area contributed by atoms with Crippen LogP contribution in [0.15, 0.2) is 75.8 Å². The average molecular weight is 596 g/mol. The number of nitrogens with zero attached hydrogens (tertiary/aromatic N) is 2. The topological polar surface area (TPSA) is 140 Å². The smallest absolute Gasteiger partial charge is 0.870 e. The van der Waals surface area contributed by atoms with Gasteiger partial charge in [0.05, 0.1) is 33.4 Å². The van der Waals surface area contributed by atoms with Crippen LogP contribution >= 0.6 is 23.2 Å². The van der Waals surface area contributed by atoms with Gasteiger partial charge in [0, 0.05) is 10.9 Å². The van der Waals surface area contributed by atoms with Gasteiger partial charge in [0.25, 0.3) is 16.0 Å². The second-order valence-electron chi connectivity index (χ2n) is 8.04. The summed E-state index contributed by atoms with van der Waals surface area (Å²) in [6.45, 7) is 1.69. The number of fused-ring (bicyclic) bond motifs is 1. The molecule has 0 aliphatic carbocycles. The van der Waals surface area contributed by atoms with Crippen LogP contribution in [0.5, 0.6) is 11.5 Å². The Morgan fingerprint density at radius 2 is 1.77 bits per heavy atom. The minimum Gasteiger partial charge on any atom is -0.870 e. The summed E-state index contributed by atoms with van der Waals surface area (Å²) in [5, 5.41) is 25.5. The Bertz CT molecular complexity index is 1710. The third kappa shape index (κ3) is 6.55. The molecule has 0 radical (unpaired) electrons. The number of amides is 1. The fraction of sp³-hybridized carbons (Fsp3) is 0.115. The first-order chi connectivity index (χ1) is 18.0. The number of anilines is 1. The van der Waals surface area contributed by atoms with E-state index in [9.17, 15) is 22.9 Å². The molecule has 0 fully saturated rings. The van der Waals surface area contributed by atoms with Crippen LogP contribution in [0.3, 0.4) is 0 Å². The molecule has 13 heteroatoms. The van der Waals surface area contributed by atoms with E-state index in [1.54, 1.807) is 49.4 Å². The maximum atomic E-state index is 13.4. The summed E-state index contributed by atoms with van der Waals surface area (Å²) >= 11 is 12.3. The first-order valence-corrected chi connectivity index (χ1v) is 13.3. The van der Waals surface area contributed by atoms with Gasteiger partial charge in [0.2, 0.25) is 0 Å². The summed E-state index contributed by atoms with van der Waals surface area (Å²) in [5.41, 5.74) is 0.319. The standard InChI is InChI=1S/C26H21Cl2N3O6S.Na/c1-3-14-12-21(19(28)13-22(14)38(34,35)36)30-31-23-16-8-5-4-7-15(16)11-17(24(23)32)26(33)29-20-10-6-9-18(27)25(20)37-2;/h4-13,32H,3H2,1-2H3,(H,29,33)(H,34,35,36);/q;+1/p-1. The van der Waals surface area contributed by atoms with Crippen molar-refractivity contribution in [3.63, 3.8) is 0 Å². The summed E-state index contributed by atoms with van der Waals surface area (Å²) in [7, 11) is -3.10. The number of methoxy groups -OCH3 is 1. The molecule has 4 rings (SSSR count). The second kappa shape index (κ2) is 12.6. The number of halogens is 2. The van der Waals surface area contributed by atoms with Crippen molar-refractivity contribution < 1.29 is 57.2 Å². The molecule has 0 unspecified atom stereocenters. The van der Waals surface area contributed by atoms with Crippen molar-refractivity contribution in [1.82, 2.24) is 0 Å². The van der Waals surface area contributed by atoms with Crippen molar-refractivity contribution in [3.8, 4) is 11.5 Å². The van der Waals surface area contributed by atoms with Crippen molar-refractivity contribution in [3.05, 3.63) is 81.8 Å². The quantitative estimate of drug-likeness (QED) is 0.189.